The summed E-state index contributed by atoms with van der Waals surface area (Å²) in [5, 5.41) is 4.94. The summed E-state index contributed by atoms with van der Waals surface area (Å²) in [6.45, 7) is 4.00. The zero-order valence-corrected chi connectivity index (χ0v) is 18.0. The molecule has 0 spiro atoms. The number of thiophene rings is 1. The summed E-state index contributed by atoms with van der Waals surface area (Å²) >= 11 is 2.50. The molecule has 9 heteroatoms. The van der Waals surface area contributed by atoms with Crippen molar-refractivity contribution in [3.8, 4) is 0 Å². The molecule has 0 radical (unpaired) electrons. The van der Waals surface area contributed by atoms with Crippen molar-refractivity contribution in [1.82, 2.24) is 4.98 Å². The van der Waals surface area contributed by atoms with Crippen molar-refractivity contribution in [2.24, 2.45) is 0 Å². The van der Waals surface area contributed by atoms with Crippen molar-refractivity contribution in [1.29, 1.82) is 0 Å². The van der Waals surface area contributed by atoms with Crippen molar-refractivity contribution in [2.45, 2.75) is 18.1 Å². The molecule has 0 aliphatic rings. The molecule has 0 aliphatic carbocycles. The van der Waals surface area contributed by atoms with Crippen LogP contribution in [0.2, 0.25) is 0 Å². The summed E-state index contributed by atoms with van der Waals surface area (Å²) in [5.74, 6) is -0.428. The number of carbonyl (C=O) groups is 1. The first kappa shape index (κ1) is 19.6. The number of aromatic nitrogens is 1. The number of nitrogens with one attached hydrogen (secondary N) is 2. The quantitative estimate of drug-likeness (QED) is 0.453. The summed E-state index contributed by atoms with van der Waals surface area (Å²) in [7, 11) is -3.75. The number of hydrogen-bond donors (Lipinski definition) is 2. The van der Waals surface area contributed by atoms with Gasteiger partial charge < -0.3 is 0 Å². The average Bonchev–Trinajstić information content (AvgIpc) is 3.32. The number of rotatable bonds is 5. The number of benzene rings is 2. The highest BCUT2D eigenvalue weighted by atomic mass is 32.2. The summed E-state index contributed by atoms with van der Waals surface area (Å²) in [6, 6.07) is 13.7. The van der Waals surface area contributed by atoms with Gasteiger partial charge in [-0.25, -0.2) is 13.4 Å². The molecule has 0 aliphatic heterocycles. The first-order valence-electron chi connectivity index (χ1n) is 8.68. The van der Waals surface area contributed by atoms with Gasteiger partial charge in [0.05, 0.1) is 21.5 Å². The maximum absolute atomic E-state index is 12.9. The van der Waals surface area contributed by atoms with Gasteiger partial charge in [0.15, 0.2) is 5.13 Å². The van der Waals surface area contributed by atoms with Gasteiger partial charge in [-0.05, 0) is 54.6 Å². The number of thiazole rings is 1. The Morgan fingerprint density at radius 1 is 1.07 bits per heavy atom. The third kappa shape index (κ3) is 4.02. The van der Waals surface area contributed by atoms with Crippen molar-refractivity contribution in [3.63, 3.8) is 0 Å². The molecule has 2 heterocycles. The van der Waals surface area contributed by atoms with Gasteiger partial charge >= 0.3 is 0 Å². The van der Waals surface area contributed by atoms with Crippen molar-refractivity contribution >= 4 is 59.6 Å². The Bertz CT molecular complexity index is 1310. The van der Waals surface area contributed by atoms with E-state index < -0.39 is 15.9 Å². The van der Waals surface area contributed by atoms with Crippen LogP contribution in [0, 0.1) is 13.8 Å². The summed E-state index contributed by atoms with van der Waals surface area (Å²) in [6.07, 6.45) is 0. The number of nitrogens with zero attached hydrogens (tertiary/aromatic N) is 1. The molecule has 0 atom stereocenters. The topological polar surface area (TPSA) is 88.2 Å². The number of hydrogen-bond acceptors (Lipinski definition) is 6. The lowest BCUT2D eigenvalue weighted by Gasteiger charge is -2.11. The van der Waals surface area contributed by atoms with Gasteiger partial charge in [-0.1, -0.05) is 35.6 Å². The van der Waals surface area contributed by atoms with Crippen LogP contribution < -0.4 is 10.0 Å². The zero-order chi connectivity index (χ0) is 20.6. The third-order valence-corrected chi connectivity index (χ3v) is 7.91. The lowest BCUT2D eigenvalue weighted by molar-refractivity contribution is 0.102. The molecule has 2 N–H and O–H groups in total. The second kappa shape index (κ2) is 7.58. The van der Waals surface area contributed by atoms with Gasteiger partial charge in [0.25, 0.3) is 15.9 Å². The fourth-order valence-corrected chi connectivity index (χ4v) is 6.08. The lowest BCUT2D eigenvalue weighted by atomic mass is 10.1. The highest BCUT2D eigenvalue weighted by molar-refractivity contribution is 7.94. The van der Waals surface area contributed by atoms with Crippen LogP contribution in [0.25, 0.3) is 10.2 Å². The Morgan fingerprint density at radius 3 is 2.62 bits per heavy atom. The number of aryl methyl sites for hydroxylation is 2. The second-order valence-electron chi connectivity index (χ2n) is 6.48. The van der Waals surface area contributed by atoms with E-state index in [1.165, 1.54) is 17.4 Å². The molecule has 4 rings (SSSR count). The van der Waals surface area contributed by atoms with Gasteiger partial charge in [0.2, 0.25) is 0 Å². The van der Waals surface area contributed by atoms with Crippen LogP contribution in [-0.4, -0.2) is 19.3 Å². The molecule has 0 saturated carbocycles. The van der Waals surface area contributed by atoms with E-state index in [1.807, 2.05) is 26.0 Å². The van der Waals surface area contributed by atoms with E-state index in [0.29, 0.717) is 5.13 Å². The van der Waals surface area contributed by atoms with E-state index >= 15 is 0 Å². The maximum atomic E-state index is 12.9. The van der Waals surface area contributed by atoms with E-state index in [1.54, 1.807) is 35.7 Å². The van der Waals surface area contributed by atoms with Crippen molar-refractivity contribution in [3.05, 3.63) is 70.6 Å². The fraction of sp³-hybridized carbons (Fsp3) is 0.100. The number of para-hydroxylation sites is 1. The number of amides is 1. The highest BCUT2D eigenvalue weighted by Crippen LogP contribution is 2.30. The summed E-state index contributed by atoms with van der Waals surface area (Å²) in [5.41, 5.74) is 3.46. The van der Waals surface area contributed by atoms with E-state index in [-0.39, 0.29) is 15.5 Å². The van der Waals surface area contributed by atoms with Crippen LogP contribution in [0.4, 0.5) is 10.8 Å². The van der Waals surface area contributed by atoms with E-state index in [9.17, 15) is 13.2 Å². The van der Waals surface area contributed by atoms with Gasteiger partial charge in [0, 0.05) is 0 Å². The molecule has 29 heavy (non-hydrogen) atoms. The summed E-state index contributed by atoms with van der Waals surface area (Å²) < 4.78 is 28.8. The van der Waals surface area contributed by atoms with E-state index in [4.69, 9.17) is 0 Å². The molecule has 0 bridgehead atoms. The molecule has 1 amide bonds. The molecule has 0 saturated heterocycles. The normalized spacial score (nSPS) is 11.5. The lowest BCUT2D eigenvalue weighted by Crippen LogP contribution is -2.18. The molecular formula is C20H17N3O3S3. The second-order valence-corrected chi connectivity index (χ2v) is 10.4. The Kier molecular flexibility index (Phi) is 5.12. The minimum Gasteiger partial charge on any atom is -0.298 e. The predicted molar refractivity (Wildman–Crippen MR) is 119 cm³/mol. The number of sulfonamides is 1. The molecule has 4 aromatic rings. The molecule has 2 aromatic carbocycles. The molecule has 2 aromatic heterocycles. The van der Waals surface area contributed by atoms with Crippen LogP contribution >= 0.6 is 22.7 Å². The molecular weight excluding hydrogens is 426 g/mol. The van der Waals surface area contributed by atoms with Gasteiger partial charge in [-0.3, -0.25) is 14.8 Å². The Balaban J connectivity index is 1.62. The minimum absolute atomic E-state index is 0.185. The highest BCUT2D eigenvalue weighted by Gasteiger charge is 2.20. The first-order chi connectivity index (χ1) is 13.8. The van der Waals surface area contributed by atoms with Crippen LogP contribution in [-0.2, 0) is 10.0 Å². The smallest absolute Gasteiger partial charge is 0.271 e. The van der Waals surface area contributed by atoms with Crippen LogP contribution in [0.1, 0.15) is 21.5 Å². The Labute approximate surface area is 176 Å². The summed E-state index contributed by atoms with van der Waals surface area (Å²) in [4.78, 5) is 17.4. The zero-order valence-electron chi connectivity index (χ0n) is 15.6. The Morgan fingerprint density at radius 2 is 1.86 bits per heavy atom. The molecule has 0 unspecified atom stereocenters. The van der Waals surface area contributed by atoms with Crippen molar-refractivity contribution in [2.75, 3.05) is 10.0 Å². The maximum Gasteiger partial charge on any atom is 0.271 e. The van der Waals surface area contributed by atoms with Crippen LogP contribution in [0.15, 0.2) is 58.1 Å². The van der Waals surface area contributed by atoms with Gasteiger partial charge in [0.1, 0.15) is 4.21 Å². The first-order valence-corrected chi connectivity index (χ1v) is 11.9. The largest absolute Gasteiger partial charge is 0.298 e. The average molecular weight is 444 g/mol. The number of carbonyl (C=O) groups excluding carboxylic acids is 1. The van der Waals surface area contributed by atoms with Gasteiger partial charge in [-0.15, -0.1) is 11.3 Å². The minimum atomic E-state index is -3.75. The monoisotopic (exact) mass is 443 g/mol. The molecule has 148 valence electrons. The van der Waals surface area contributed by atoms with E-state index in [2.05, 4.69) is 15.0 Å². The fourth-order valence-electron chi connectivity index (χ4n) is 2.97. The van der Waals surface area contributed by atoms with Gasteiger partial charge in [-0.2, -0.15) is 0 Å². The van der Waals surface area contributed by atoms with Crippen LogP contribution in [0.3, 0.4) is 0 Å². The Hall–Kier alpha value is -2.75. The SMILES string of the molecule is Cc1cc(C)c2nc(NC(=O)c3ccccc3NS(=O)(=O)c3cccs3)sc2c1. The molecule has 6 nitrogen and oxygen atoms in total. The van der Waals surface area contributed by atoms with E-state index in [0.717, 1.165) is 32.7 Å². The standard InChI is InChI=1S/C20H17N3O3S3/c1-12-10-13(2)18-16(11-12)28-20(21-18)22-19(24)14-6-3-4-7-15(14)23-29(25,26)17-8-5-9-27-17/h3-11,23H,1-2H3,(H,21,22,24). The van der Waals surface area contributed by atoms with Crippen LogP contribution in [0.5, 0.6) is 0 Å². The third-order valence-electron chi connectivity index (χ3n) is 4.23. The predicted octanol–water partition coefficient (Wildman–Crippen LogP) is 5.03. The molecule has 0 fully saturated rings. The number of fused-ring (bicyclic) bond motifs is 1. The van der Waals surface area contributed by atoms with Crippen molar-refractivity contribution < 1.29 is 13.2 Å². The number of anilines is 2.